The molecule has 2 rings (SSSR count). The lowest BCUT2D eigenvalue weighted by atomic mass is 10.1. The predicted octanol–water partition coefficient (Wildman–Crippen LogP) is 4.65. The molecule has 0 atom stereocenters. The molecule has 0 aliphatic carbocycles. The Morgan fingerprint density at radius 3 is 2.52 bits per heavy atom. The molecule has 3 nitrogen and oxygen atoms in total. The van der Waals surface area contributed by atoms with Crippen molar-refractivity contribution >= 4 is 0 Å². The van der Waals surface area contributed by atoms with Gasteiger partial charge in [0.05, 0.1) is 0 Å². The predicted molar refractivity (Wildman–Crippen MR) is 86.9 cm³/mol. The molecule has 21 heavy (non-hydrogen) atoms. The molecule has 0 saturated heterocycles. The zero-order valence-corrected chi connectivity index (χ0v) is 13.3. The molecule has 0 amide bonds. The highest BCUT2D eigenvalue weighted by Gasteiger charge is 2.16. The Hall–Kier alpha value is -1.22. The zero-order chi connectivity index (χ0) is 14.8. The smallest absolute Gasteiger partial charge is 0.231 e. The maximum atomic E-state index is 5.51. The fourth-order valence-corrected chi connectivity index (χ4v) is 2.74. The minimum absolute atomic E-state index is 0.352. The summed E-state index contributed by atoms with van der Waals surface area (Å²) < 4.78 is 10.9. The van der Waals surface area contributed by atoms with E-state index >= 15 is 0 Å². The molecular formula is C18H29NO2. The van der Waals surface area contributed by atoms with Crippen LogP contribution >= 0.6 is 0 Å². The van der Waals surface area contributed by atoms with E-state index in [1.165, 1.54) is 56.9 Å². The maximum absolute atomic E-state index is 5.51. The summed E-state index contributed by atoms with van der Waals surface area (Å²) in [4.78, 5) is 0. The number of para-hydroxylation sites is 1. The monoisotopic (exact) mass is 291 g/mol. The molecule has 0 saturated carbocycles. The first-order valence-electron chi connectivity index (χ1n) is 8.50. The average molecular weight is 291 g/mol. The van der Waals surface area contributed by atoms with Gasteiger partial charge in [-0.2, -0.15) is 0 Å². The van der Waals surface area contributed by atoms with Crippen LogP contribution in [0.2, 0.25) is 0 Å². The number of hydrogen-bond donors (Lipinski definition) is 1. The van der Waals surface area contributed by atoms with Crippen LogP contribution in [0.4, 0.5) is 0 Å². The van der Waals surface area contributed by atoms with Gasteiger partial charge in [0.2, 0.25) is 6.79 Å². The Morgan fingerprint density at radius 2 is 1.71 bits per heavy atom. The van der Waals surface area contributed by atoms with E-state index in [1.807, 2.05) is 12.1 Å². The van der Waals surface area contributed by atoms with Gasteiger partial charge in [0, 0.05) is 12.1 Å². The molecule has 0 fully saturated rings. The number of fused-ring (bicyclic) bond motifs is 1. The Labute approximate surface area is 129 Å². The molecule has 1 aliphatic heterocycles. The quantitative estimate of drug-likeness (QED) is 0.602. The van der Waals surface area contributed by atoms with Crippen LogP contribution in [0, 0.1) is 0 Å². The second-order valence-electron chi connectivity index (χ2n) is 5.80. The van der Waals surface area contributed by atoms with Crippen molar-refractivity contribution in [3.8, 4) is 11.5 Å². The molecule has 3 heteroatoms. The largest absolute Gasteiger partial charge is 0.454 e. The van der Waals surface area contributed by atoms with E-state index in [0.29, 0.717) is 6.79 Å². The number of rotatable bonds is 11. The molecule has 0 bridgehead atoms. The number of ether oxygens (including phenoxy) is 2. The van der Waals surface area contributed by atoms with Crippen LogP contribution in [-0.2, 0) is 6.54 Å². The van der Waals surface area contributed by atoms with Gasteiger partial charge < -0.3 is 14.8 Å². The van der Waals surface area contributed by atoms with E-state index < -0.39 is 0 Å². The fourth-order valence-electron chi connectivity index (χ4n) is 2.74. The first-order valence-corrected chi connectivity index (χ1v) is 8.50. The van der Waals surface area contributed by atoms with Crippen molar-refractivity contribution in [1.29, 1.82) is 0 Å². The van der Waals surface area contributed by atoms with Crippen molar-refractivity contribution < 1.29 is 9.47 Å². The first-order chi connectivity index (χ1) is 10.4. The number of nitrogens with one attached hydrogen (secondary N) is 1. The standard InChI is InChI=1S/C18H29NO2/c1-2-3-4-5-6-7-8-9-13-19-14-16-11-10-12-17-18(16)21-15-20-17/h10-12,19H,2-9,13-15H2,1H3. The van der Waals surface area contributed by atoms with Crippen LogP contribution in [-0.4, -0.2) is 13.3 Å². The third kappa shape index (κ3) is 5.58. The van der Waals surface area contributed by atoms with Crippen LogP contribution in [0.3, 0.4) is 0 Å². The molecule has 1 heterocycles. The van der Waals surface area contributed by atoms with Crippen LogP contribution in [0.5, 0.6) is 11.5 Å². The molecule has 118 valence electrons. The van der Waals surface area contributed by atoms with Crippen LogP contribution < -0.4 is 14.8 Å². The molecule has 0 spiro atoms. The molecule has 1 aliphatic rings. The van der Waals surface area contributed by atoms with E-state index in [9.17, 15) is 0 Å². The number of hydrogen-bond acceptors (Lipinski definition) is 3. The highest BCUT2D eigenvalue weighted by atomic mass is 16.7. The normalized spacial score (nSPS) is 12.8. The van der Waals surface area contributed by atoms with Gasteiger partial charge in [0.15, 0.2) is 11.5 Å². The molecule has 0 aromatic heterocycles. The van der Waals surface area contributed by atoms with E-state index in [1.54, 1.807) is 0 Å². The lowest BCUT2D eigenvalue weighted by Crippen LogP contribution is -2.15. The Morgan fingerprint density at radius 1 is 0.952 bits per heavy atom. The summed E-state index contributed by atoms with van der Waals surface area (Å²) in [5.41, 5.74) is 1.20. The molecular weight excluding hydrogens is 262 g/mol. The maximum Gasteiger partial charge on any atom is 0.231 e. The van der Waals surface area contributed by atoms with Gasteiger partial charge in [-0.3, -0.25) is 0 Å². The highest BCUT2D eigenvalue weighted by molar-refractivity contribution is 5.48. The van der Waals surface area contributed by atoms with Crippen LogP contribution in [0.15, 0.2) is 18.2 Å². The number of benzene rings is 1. The van der Waals surface area contributed by atoms with E-state index in [2.05, 4.69) is 18.3 Å². The van der Waals surface area contributed by atoms with E-state index in [0.717, 1.165) is 24.6 Å². The van der Waals surface area contributed by atoms with Crippen molar-refractivity contribution in [3.05, 3.63) is 23.8 Å². The average Bonchev–Trinajstić information content (AvgIpc) is 2.98. The second kappa shape index (κ2) is 9.67. The van der Waals surface area contributed by atoms with Gasteiger partial charge in [-0.25, -0.2) is 0 Å². The summed E-state index contributed by atoms with van der Waals surface area (Å²) >= 11 is 0. The summed E-state index contributed by atoms with van der Waals surface area (Å²) in [5.74, 6) is 1.79. The second-order valence-corrected chi connectivity index (χ2v) is 5.80. The summed E-state index contributed by atoms with van der Waals surface area (Å²) in [6, 6.07) is 6.10. The lowest BCUT2D eigenvalue weighted by Gasteiger charge is -2.07. The molecule has 1 aromatic rings. The Bertz CT molecular complexity index is 406. The lowest BCUT2D eigenvalue weighted by molar-refractivity contribution is 0.173. The SMILES string of the molecule is CCCCCCCCCCNCc1cccc2c1OCO2. The van der Waals surface area contributed by atoms with Crippen LogP contribution in [0.25, 0.3) is 0 Å². The zero-order valence-electron chi connectivity index (χ0n) is 13.3. The summed E-state index contributed by atoms with van der Waals surface area (Å²) in [6.07, 6.45) is 10.9. The molecule has 0 radical (unpaired) electrons. The Balaban J connectivity index is 1.50. The van der Waals surface area contributed by atoms with Crippen molar-refractivity contribution in [2.24, 2.45) is 0 Å². The third-order valence-corrected chi connectivity index (χ3v) is 4.00. The topological polar surface area (TPSA) is 30.5 Å². The third-order valence-electron chi connectivity index (χ3n) is 4.00. The van der Waals surface area contributed by atoms with E-state index in [-0.39, 0.29) is 0 Å². The summed E-state index contributed by atoms with van der Waals surface area (Å²) in [6.45, 7) is 4.57. The van der Waals surface area contributed by atoms with Gasteiger partial charge in [0.1, 0.15) is 0 Å². The molecule has 1 aromatic carbocycles. The van der Waals surface area contributed by atoms with Gasteiger partial charge in [-0.05, 0) is 19.0 Å². The van der Waals surface area contributed by atoms with Crippen molar-refractivity contribution in [3.63, 3.8) is 0 Å². The number of unbranched alkanes of at least 4 members (excludes halogenated alkanes) is 7. The van der Waals surface area contributed by atoms with Crippen molar-refractivity contribution in [1.82, 2.24) is 5.32 Å². The van der Waals surface area contributed by atoms with E-state index in [4.69, 9.17) is 9.47 Å². The fraction of sp³-hybridized carbons (Fsp3) is 0.667. The molecule has 1 N–H and O–H groups in total. The van der Waals surface area contributed by atoms with Crippen molar-refractivity contribution in [2.45, 2.75) is 64.8 Å². The van der Waals surface area contributed by atoms with Gasteiger partial charge in [-0.1, -0.05) is 64.0 Å². The summed E-state index contributed by atoms with van der Waals surface area (Å²) in [5, 5.41) is 3.51. The minimum Gasteiger partial charge on any atom is -0.454 e. The van der Waals surface area contributed by atoms with Gasteiger partial charge >= 0.3 is 0 Å². The molecule has 0 unspecified atom stereocenters. The first kappa shape index (κ1) is 16.2. The summed E-state index contributed by atoms with van der Waals surface area (Å²) in [7, 11) is 0. The van der Waals surface area contributed by atoms with Gasteiger partial charge in [0.25, 0.3) is 0 Å². The van der Waals surface area contributed by atoms with Crippen molar-refractivity contribution in [2.75, 3.05) is 13.3 Å². The van der Waals surface area contributed by atoms with Gasteiger partial charge in [-0.15, -0.1) is 0 Å². The minimum atomic E-state index is 0.352. The Kier molecular flexibility index (Phi) is 7.44. The van der Waals surface area contributed by atoms with Crippen LogP contribution in [0.1, 0.15) is 63.9 Å². The highest BCUT2D eigenvalue weighted by Crippen LogP contribution is 2.35.